The average molecular weight is 447 g/mol. The predicted molar refractivity (Wildman–Crippen MR) is 126 cm³/mol. The van der Waals surface area contributed by atoms with E-state index in [-0.39, 0.29) is 6.09 Å². The van der Waals surface area contributed by atoms with Gasteiger partial charge < -0.3 is 14.5 Å². The molecular weight excluding hydrogens is 416 g/mol. The summed E-state index contributed by atoms with van der Waals surface area (Å²) in [5, 5.41) is 0. The number of aromatic nitrogens is 2. The van der Waals surface area contributed by atoms with Crippen LogP contribution in [0.2, 0.25) is 0 Å². The monoisotopic (exact) mass is 446 g/mol. The Balaban J connectivity index is 1.18. The maximum atomic E-state index is 12.1. The van der Waals surface area contributed by atoms with Gasteiger partial charge in [0.2, 0.25) is 5.69 Å². The Morgan fingerprint density at radius 3 is 2.70 bits per heavy atom. The number of piperazine rings is 1. The first kappa shape index (κ1) is 21.7. The normalized spacial score (nSPS) is 25.0. The third-order valence-corrected chi connectivity index (χ3v) is 7.37. The van der Waals surface area contributed by atoms with Crippen LogP contribution in [0.5, 0.6) is 0 Å². The van der Waals surface area contributed by atoms with E-state index < -0.39 is 0 Å². The van der Waals surface area contributed by atoms with E-state index in [0.717, 1.165) is 62.8 Å². The summed E-state index contributed by atoms with van der Waals surface area (Å²) < 4.78 is 5.19. The highest BCUT2D eigenvalue weighted by molar-refractivity contribution is 5.74. The molecule has 4 heterocycles. The van der Waals surface area contributed by atoms with Crippen LogP contribution < -0.4 is 4.90 Å². The first-order chi connectivity index (χ1) is 16.1. The lowest BCUT2D eigenvalue weighted by molar-refractivity contribution is 0.00386. The minimum Gasteiger partial charge on any atom is -0.450 e. The molecule has 0 atom stereocenters. The van der Waals surface area contributed by atoms with E-state index in [2.05, 4.69) is 30.7 Å². The summed E-state index contributed by atoms with van der Waals surface area (Å²) in [6, 6.07) is 8.32. The number of hydrogen-bond acceptors (Lipinski definition) is 6. The summed E-state index contributed by atoms with van der Waals surface area (Å²) >= 11 is 0. The number of amides is 1. The molecule has 1 saturated carbocycles. The summed E-state index contributed by atoms with van der Waals surface area (Å²) in [7, 11) is 0. The molecule has 2 aromatic rings. The number of likely N-dealkylation sites (tertiary alicyclic amines) is 1. The molecule has 1 amide bonds. The molecule has 33 heavy (non-hydrogen) atoms. The third-order valence-electron chi connectivity index (χ3n) is 7.37. The number of carbonyl (C=O) groups excluding carboxylic acids is 1. The minimum absolute atomic E-state index is 0.157. The molecule has 0 aromatic carbocycles. The molecule has 2 saturated heterocycles. The van der Waals surface area contributed by atoms with E-state index in [1.807, 2.05) is 36.2 Å². The van der Waals surface area contributed by atoms with E-state index in [1.165, 1.54) is 12.8 Å². The van der Waals surface area contributed by atoms with Gasteiger partial charge in [-0.15, -0.1) is 0 Å². The predicted octanol–water partition coefficient (Wildman–Crippen LogP) is 3.83. The first-order valence-electron chi connectivity index (χ1n) is 11.8. The number of rotatable bonds is 4. The van der Waals surface area contributed by atoms with Crippen molar-refractivity contribution in [1.82, 2.24) is 19.8 Å². The van der Waals surface area contributed by atoms with Crippen LogP contribution in [0, 0.1) is 12.0 Å². The van der Waals surface area contributed by atoms with Crippen LogP contribution in [0.1, 0.15) is 26.2 Å². The molecule has 2 aliphatic heterocycles. The van der Waals surface area contributed by atoms with Crippen molar-refractivity contribution in [3.8, 4) is 11.3 Å². The molecule has 0 radical (unpaired) electrons. The van der Waals surface area contributed by atoms with Crippen LogP contribution in [0.3, 0.4) is 0 Å². The highest BCUT2D eigenvalue weighted by Gasteiger charge is 2.51. The second-order valence-corrected chi connectivity index (χ2v) is 9.34. The van der Waals surface area contributed by atoms with Gasteiger partial charge in [-0.1, -0.05) is 6.07 Å². The van der Waals surface area contributed by atoms with Crippen molar-refractivity contribution in [3.05, 3.63) is 48.1 Å². The van der Waals surface area contributed by atoms with Gasteiger partial charge in [-0.3, -0.25) is 9.88 Å². The van der Waals surface area contributed by atoms with Gasteiger partial charge in [0, 0.05) is 63.3 Å². The fourth-order valence-electron chi connectivity index (χ4n) is 5.60. The smallest absolute Gasteiger partial charge is 0.409 e. The van der Waals surface area contributed by atoms with E-state index in [0.29, 0.717) is 23.8 Å². The number of carbonyl (C=O) groups is 1. The highest BCUT2D eigenvalue weighted by Crippen LogP contribution is 2.50. The molecule has 8 nitrogen and oxygen atoms in total. The Bertz CT molecular complexity index is 1040. The Hall–Kier alpha value is -3.18. The van der Waals surface area contributed by atoms with Crippen LogP contribution in [0.4, 0.5) is 16.3 Å². The van der Waals surface area contributed by atoms with Crippen molar-refractivity contribution in [3.63, 3.8) is 0 Å². The van der Waals surface area contributed by atoms with Crippen molar-refractivity contribution in [2.45, 2.75) is 32.2 Å². The van der Waals surface area contributed by atoms with Crippen molar-refractivity contribution in [2.24, 2.45) is 5.41 Å². The van der Waals surface area contributed by atoms with Crippen LogP contribution in [0.15, 0.2) is 36.7 Å². The lowest BCUT2D eigenvalue weighted by Gasteiger charge is -2.52. The maximum absolute atomic E-state index is 12.1. The Kier molecular flexibility index (Phi) is 5.90. The van der Waals surface area contributed by atoms with Crippen molar-refractivity contribution in [2.75, 3.05) is 50.8 Å². The standard InChI is InChI=1S/C25H30N6O2/c1-3-33-24(32)31-10-8-25(18-31)15-20(16-25)29-11-13-30(14-12-29)23-21(5-4-9-27-23)22-7-6-19(26-2)17-28-22/h4-7,9,17,20H,3,8,10-16,18H2,1H3. The summed E-state index contributed by atoms with van der Waals surface area (Å²) in [6.07, 6.45) is 6.75. The number of pyridine rings is 2. The van der Waals surface area contributed by atoms with Gasteiger partial charge in [-0.2, -0.15) is 0 Å². The topological polar surface area (TPSA) is 66.2 Å². The molecule has 3 fully saturated rings. The zero-order chi connectivity index (χ0) is 22.8. The van der Waals surface area contributed by atoms with Gasteiger partial charge >= 0.3 is 6.09 Å². The second kappa shape index (κ2) is 8.99. The maximum Gasteiger partial charge on any atom is 0.409 e. The molecule has 5 rings (SSSR count). The van der Waals surface area contributed by atoms with E-state index in [1.54, 1.807) is 6.20 Å². The van der Waals surface area contributed by atoms with E-state index in [9.17, 15) is 4.79 Å². The average Bonchev–Trinajstić information content (AvgIpc) is 3.30. The van der Waals surface area contributed by atoms with Gasteiger partial charge in [-0.05, 0) is 49.8 Å². The fourth-order valence-corrected chi connectivity index (χ4v) is 5.60. The zero-order valence-corrected chi connectivity index (χ0v) is 19.1. The number of anilines is 1. The quantitative estimate of drug-likeness (QED) is 0.665. The second-order valence-electron chi connectivity index (χ2n) is 9.34. The molecule has 172 valence electrons. The lowest BCUT2D eigenvalue weighted by atomic mass is 9.64. The molecule has 2 aromatic heterocycles. The van der Waals surface area contributed by atoms with E-state index in [4.69, 9.17) is 11.3 Å². The van der Waals surface area contributed by atoms with Crippen molar-refractivity contribution < 1.29 is 9.53 Å². The minimum atomic E-state index is -0.157. The molecule has 0 bridgehead atoms. The third kappa shape index (κ3) is 4.25. The largest absolute Gasteiger partial charge is 0.450 e. The SMILES string of the molecule is [C-]#[N+]c1ccc(-c2cccnc2N2CCN(C3CC4(CCN(C(=O)OCC)C4)C3)CC2)nc1. The first-order valence-corrected chi connectivity index (χ1v) is 11.8. The molecule has 3 aliphatic rings. The van der Waals surface area contributed by atoms with Gasteiger partial charge in [0.25, 0.3) is 0 Å². The van der Waals surface area contributed by atoms with Crippen LogP contribution in [0.25, 0.3) is 16.1 Å². The molecule has 8 heteroatoms. The number of hydrogen-bond donors (Lipinski definition) is 0. The Morgan fingerprint density at radius 2 is 2.00 bits per heavy atom. The van der Waals surface area contributed by atoms with Gasteiger partial charge in [0.1, 0.15) is 5.82 Å². The van der Waals surface area contributed by atoms with Gasteiger partial charge in [-0.25, -0.2) is 14.6 Å². The molecule has 0 N–H and O–H groups in total. The summed E-state index contributed by atoms with van der Waals surface area (Å²) in [6.45, 7) is 15.0. The Morgan fingerprint density at radius 1 is 1.18 bits per heavy atom. The number of nitrogens with zero attached hydrogens (tertiary/aromatic N) is 6. The van der Waals surface area contributed by atoms with Gasteiger partial charge in [0.05, 0.1) is 18.9 Å². The van der Waals surface area contributed by atoms with Crippen LogP contribution in [-0.2, 0) is 4.74 Å². The van der Waals surface area contributed by atoms with E-state index >= 15 is 0 Å². The Labute approximate surface area is 195 Å². The van der Waals surface area contributed by atoms with Crippen LogP contribution in [-0.4, -0.2) is 77.8 Å². The summed E-state index contributed by atoms with van der Waals surface area (Å²) in [4.78, 5) is 31.5. The van der Waals surface area contributed by atoms with Gasteiger partial charge in [0.15, 0.2) is 0 Å². The van der Waals surface area contributed by atoms with Crippen LogP contribution >= 0.6 is 0 Å². The number of ether oxygens (including phenoxy) is 1. The zero-order valence-electron chi connectivity index (χ0n) is 19.1. The van der Waals surface area contributed by atoms with Crippen molar-refractivity contribution >= 4 is 17.6 Å². The lowest BCUT2D eigenvalue weighted by Crippen LogP contribution is -2.58. The fraction of sp³-hybridized carbons (Fsp3) is 0.520. The molecule has 1 spiro atoms. The molecule has 1 aliphatic carbocycles. The summed E-state index contributed by atoms with van der Waals surface area (Å²) in [5.74, 6) is 0.964. The molecule has 0 unspecified atom stereocenters. The highest BCUT2D eigenvalue weighted by atomic mass is 16.6. The molecular formula is C25H30N6O2. The van der Waals surface area contributed by atoms with Crippen molar-refractivity contribution in [1.29, 1.82) is 0 Å². The summed E-state index contributed by atoms with van der Waals surface area (Å²) in [5.41, 5.74) is 2.70.